The molecule has 0 heterocycles. The zero-order valence-electron chi connectivity index (χ0n) is 9.68. The third-order valence-corrected chi connectivity index (χ3v) is 3.33. The first-order valence-electron chi connectivity index (χ1n) is 5.64. The molecule has 1 aliphatic rings. The normalized spacial score (nSPS) is 31.7. The largest absolute Gasteiger partial charge is 0.380 e. The fourth-order valence-electron chi connectivity index (χ4n) is 1.93. The smallest absolute Gasteiger partial charge is 0.0724 e. The number of nitrogens with one attached hydrogen (secondary N) is 1. The molecule has 1 fully saturated rings. The Labute approximate surface area is 87.4 Å². The molecule has 3 atom stereocenters. The topological polar surface area (TPSA) is 47.3 Å². The summed E-state index contributed by atoms with van der Waals surface area (Å²) >= 11 is 0. The van der Waals surface area contributed by atoms with Crippen LogP contribution in [0.3, 0.4) is 0 Å². The van der Waals surface area contributed by atoms with E-state index in [1.54, 1.807) is 7.11 Å². The molecule has 3 N–H and O–H groups in total. The van der Waals surface area contributed by atoms with E-state index in [0.29, 0.717) is 12.1 Å². The van der Waals surface area contributed by atoms with Crippen molar-refractivity contribution in [2.45, 2.75) is 57.2 Å². The Kier molecular flexibility index (Phi) is 4.35. The molecular formula is C11H24N2O. The highest BCUT2D eigenvalue weighted by atomic mass is 16.5. The maximum absolute atomic E-state index is 6.08. The molecule has 3 unspecified atom stereocenters. The maximum Gasteiger partial charge on any atom is 0.0724 e. The number of ether oxygens (including phenoxy) is 1. The average molecular weight is 200 g/mol. The van der Waals surface area contributed by atoms with E-state index in [0.717, 1.165) is 13.0 Å². The third kappa shape index (κ3) is 3.23. The van der Waals surface area contributed by atoms with Gasteiger partial charge in [0, 0.05) is 25.2 Å². The van der Waals surface area contributed by atoms with Gasteiger partial charge in [-0.25, -0.2) is 0 Å². The summed E-state index contributed by atoms with van der Waals surface area (Å²) in [7, 11) is 1.80. The molecule has 14 heavy (non-hydrogen) atoms. The summed E-state index contributed by atoms with van der Waals surface area (Å²) in [6, 6.07) is 0.509. The second-order valence-corrected chi connectivity index (χ2v) is 4.70. The van der Waals surface area contributed by atoms with E-state index in [1.165, 1.54) is 19.3 Å². The molecule has 1 saturated carbocycles. The first kappa shape index (κ1) is 12.0. The molecule has 0 spiro atoms. The van der Waals surface area contributed by atoms with Crippen molar-refractivity contribution in [2.24, 2.45) is 5.73 Å². The van der Waals surface area contributed by atoms with Gasteiger partial charge in [-0.1, -0.05) is 6.92 Å². The van der Waals surface area contributed by atoms with Crippen molar-refractivity contribution < 1.29 is 4.74 Å². The number of hydrogen-bond acceptors (Lipinski definition) is 3. The van der Waals surface area contributed by atoms with Crippen LogP contribution in [-0.2, 0) is 4.74 Å². The molecule has 1 aliphatic carbocycles. The lowest BCUT2D eigenvalue weighted by Gasteiger charge is -2.27. The Morgan fingerprint density at radius 1 is 1.50 bits per heavy atom. The molecule has 84 valence electrons. The molecule has 0 radical (unpaired) electrons. The van der Waals surface area contributed by atoms with Crippen molar-refractivity contribution in [1.82, 2.24) is 5.32 Å². The Morgan fingerprint density at radius 3 is 2.79 bits per heavy atom. The molecule has 0 bridgehead atoms. The van der Waals surface area contributed by atoms with Crippen LogP contribution in [0.2, 0.25) is 0 Å². The molecule has 0 aliphatic heterocycles. The Hall–Kier alpha value is -0.120. The summed E-state index contributed by atoms with van der Waals surface area (Å²) in [6.07, 6.45) is 5.07. The van der Waals surface area contributed by atoms with Crippen molar-refractivity contribution in [3.8, 4) is 0 Å². The van der Waals surface area contributed by atoms with Crippen molar-refractivity contribution in [3.05, 3.63) is 0 Å². The fourth-order valence-corrected chi connectivity index (χ4v) is 1.93. The van der Waals surface area contributed by atoms with Crippen LogP contribution in [0.5, 0.6) is 0 Å². The Morgan fingerprint density at radius 2 is 2.21 bits per heavy atom. The molecule has 3 heteroatoms. The zero-order valence-corrected chi connectivity index (χ0v) is 9.68. The predicted molar refractivity (Wildman–Crippen MR) is 59.3 cm³/mol. The van der Waals surface area contributed by atoms with Gasteiger partial charge in [-0.15, -0.1) is 0 Å². The number of nitrogens with two attached hydrogens (primary N) is 1. The van der Waals surface area contributed by atoms with E-state index >= 15 is 0 Å². The van der Waals surface area contributed by atoms with Gasteiger partial charge >= 0.3 is 0 Å². The highest BCUT2D eigenvalue weighted by Crippen LogP contribution is 2.21. The van der Waals surface area contributed by atoms with E-state index in [1.807, 2.05) is 0 Å². The molecule has 0 aromatic heterocycles. The summed E-state index contributed by atoms with van der Waals surface area (Å²) in [5.74, 6) is 0. The Balaban J connectivity index is 2.30. The van der Waals surface area contributed by atoms with Crippen LogP contribution in [0, 0.1) is 0 Å². The monoisotopic (exact) mass is 200 g/mol. The van der Waals surface area contributed by atoms with Gasteiger partial charge in [0.1, 0.15) is 0 Å². The summed E-state index contributed by atoms with van der Waals surface area (Å²) in [6.45, 7) is 5.11. The number of methoxy groups -OCH3 is 1. The van der Waals surface area contributed by atoms with E-state index in [-0.39, 0.29) is 5.54 Å². The van der Waals surface area contributed by atoms with Crippen LogP contribution in [0.4, 0.5) is 0 Å². The van der Waals surface area contributed by atoms with Crippen molar-refractivity contribution in [2.75, 3.05) is 13.7 Å². The van der Waals surface area contributed by atoms with Crippen molar-refractivity contribution >= 4 is 0 Å². The van der Waals surface area contributed by atoms with E-state index in [9.17, 15) is 0 Å². The second kappa shape index (κ2) is 5.10. The molecule has 1 rings (SSSR count). The Bertz CT molecular complexity index is 171. The van der Waals surface area contributed by atoms with Crippen LogP contribution < -0.4 is 11.1 Å². The first-order chi connectivity index (χ1) is 6.59. The quantitative estimate of drug-likeness (QED) is 0.702. The van der Waals surface area contributed by atoms with Crippen LogP contribution in [0.25, 0.3) is 0 Å². The van der Waals surface area contributed by atoms with Crippen LogP contribution in [0.1, 0.15) is 39.5 Å². The van der Waals surface area contributed by atoms with E-state index in [2.05, 4.69) is 19.2 Å². The SMILES string of the molecule is CCC(C)(N)CNC1CCCC1OC. The number of rotatable bonds is 5. The molecular weight excluding hydrogens is 176 g/mol. The lowest BCUT2D eigenvalue weighted by Crippen LogP contribution is -2.50. The summed E-state index contributed by atoms with van der Waals surface area (Å²) < 4.78 is 5.42. The van der Waals surface area contributed by atoms with Crippen molar-refractivity contribution in [3.63, 3.8) is 0 Å². The highest BCUT2D eigenvalue weighted by Gasteiger charge is 2.28. The van der Waals surface area contributed by atoms with E-state index < -0.39 is 0 Å². The van der Waals surface area contributed by atoms with Gasteiger partial charge in [0.2, 0.25) is 0 Å². The van der Waals surface area contributed by atoms with Gasteiger partial charge in [0.05, 0.1) is 6.10 Å². The minimum absolute atomic E-state index is 0.0825. The van der Waals surface area contributed by atoms with Gasteiger partial charge in [-0.3, -0.25) is 0 Å². The standard InChI is InChI=1S/C11H24N2O/c1-4-11(2,12)8-13-9-6-5-7-10(9)14-3/h9-10,13H,4-8,12H2,1-3H3. The van der Waals surface area contributed by atoms with Crippen LogP contribution in [-0.4, -0.2) is 31.3 Å². The number of hydrogen-bond donors (Lipinski definition) is 2. The van der Waals surface area contributed by atoms with Gasteiger partial charge in [-0.2, -0.15) is 0 Å². The van der Waals surface area contributed by atoms with E-state index in [4.69, 9.17) is 10.5 Å². The molecule has 3 nitrogen and oxygen atoms in total. The van der Waals surface area contributed by atoms with Crippen LogP contribution in [0.15, 0.2) is 0 Å². The van der Waals surface area contributed by atoms with Gasteiger partial charge in [0.15, 0.2) is 0 Å². The van der Waals surface area contributed by atoms with Gasteiger partial charge in [-0.05, 0) is 32.6 Å². The third-order valence-electron chi connectivity index (χ3n) is 3.33. The fraction of sp³-hybridized carbons (Fsp3) is 1.00. The van der Waals surface area contributed by atoms with Gasteiger partial charge < -0.3 is 15.8 Å². The first-order valence-corrected chi connectivity index (χ1v) is 5.64. The summed E-state index contributed by atoms with van der Waals surface area (Å²) in [5, 5.41) is 3.52. The summed E-state index contributed by atoms with van der Waals surface area (Å²) in [5.41, 5.74) is 6.00. The van der Waals surface area contributed by atoms with Crippen LogP contribution >= 0.6 is 0 Å². The lowest BCUT2D eigenvalue weighted by molar-refractivity contribution is 0.0833. The average Bonchev–Trinajstić information content (AvgIpc) is 2.62. The highest BCUT2D eigenvalue weighted by molar-refractivity contribution is 4.88. The lowest BCUT2D eigenvalue weighted by atomic mass is 10.00. The van der Waals surface area contributed by atoms with Gasteiger partial charge in [0.25, 0.3) is 0 Å². The second-order valence-electron chi connectivity index (χ2n) is 4.70. The zero-order chi connectivity index (χ0) is 10.6. The molecule has 0 saturated heterocycles. The minimum atomic E-state index is -0.0825. The molecule has 0 amide bonds. The van der Waals surface area contributed by atoms with Crippen molar-refractivity contribution in [1.29, 1.82) is 0 Å². The summed E-state index contributed by atoms with van der Waals surface area (Å²) in [4.78, 5) is 0. The molecule has 0 aromatic rings. The maximum atomic E-state index is 6.08. The minimum Gasteiger partial charge on any atom is -0.380 e. The predicted octanol–water partition coefficient (Wildman–Crippen LogP) is 1.27. The molecule has 0 aromatic carbocycles.